The summed E-state index contributed by atoms with van der Waals surface area (Å²) in [7, 11) is -3.56. The van der Waals surface area contributed by atoms with Crippen LogP contribution in [0.5, 0.6) is 0 Å². The van der Waals surface area contributed by atoms with E-state index in [0.717, 1.165) is 25.7 Å². The Bertz CT molecular complexity index is 691. The largest absolute Gasteiger partial charge is 0.338 e. The van der Waals surface area contributed by atoms with Crippen LogP contribution in [0.25, 0.3) is 0 Å². The van der Waals surface area contributed by atoms with Gasteiger partial charge in [-0.15, -0.1) is 23.7 Å². The molecule has 2 N–H and O–H groups in total. The molecule has 0 aromatic carbocycles. The fourth-order valence-electron chi connectivity index (χ4n) is 3.50. The molecule has 1 amide bonds. The van der Waals surface area contributed by atoms with Gasteiger partial charge in [-0.2, -0.15) is 4.31 Å². The van der Waals surface area contributed by atoms with E-state index in [-0.39, 0.29) is 29.3 Å². The van der Waals surface area contributed by atoms with Gasteiger partial charge >= 0.3 is 0 Å². The second-order valence-corrected chi connectivity index (χ2v) is 9.54. The number of hydrogen-bond acceptors (Lipinski definition) is 5. The van der Waals surface area contributed by atoms with Gasteiger partial charge in [0.1, 0.15) is 9.77 Å². The first-order valence-corrected chi connectivity index (χ1v) is 10.9. The maximum Gasteiger partial charge on any atom is 0.265 e. The Morgan fingerprint density at radius 3 is 2.40 bits per heavy atom. The monoisotopic (exact) mass is 407 g/mol. The molecule has 6 nitrogen and oxygen atoms in total. The number of rotatable bonds is 4. The standard InChI is InChI=1S/C16H25N3O3S2.ClH/c1-12(17)13-4-9-18(10-5-13)16(20)15-14(6-11-23-15)24(21,22)19-7-2-3-8-19;/h6,11-13H,2-5,7-10,17H2,1H3;1H. The van der Waals surface area contributed by atoms with Crippen molar-refractivity contribution in [3.63, 3.8) is 0 Å². The fraction of sp³-hybridized carbons (Fsp3) is 0.688. The molecule has 25 heavy (non-hydrogen) atoms. The highest BCUT2D eigenvalue weighted by Gasteiger charge is 2.34. The van der Waals surface area contributed by atoms with E-state index >= 15 is 0 Å². The summed E-state index contributed by atoms with van der Waals surface area (Å²) < 4.78 is 27.1. The number of nitrogens with two attached hydrogens (primary N) is 1. The van der Waals surface area contributed by atoms with Gasteiger partial charge in [0.05, 0.1) is 0 Å². The van der Waals surface area contributed by atoms with Crippen molar-refractivity contribution in [3.8, 4) is 0 Å². The van der Waals surface area contributed by atoms with Gasteiger partial charge in [-0.3, -0.25) is 4.79 Å². The summed E-state index contributed by atoms with van der Waals surface area (Å²) in [5.41, 5.74) is 5.95. The summed E-state index contributed by atoms with van der Waals surface area (Å²) in [5, 5.41) is 1.70. The van der Waals surface area contributed by atoms with E-state index in [0.29, 0.717) is 37.0 Å². The summed E-state index contributed by atoms with van der Waals surface area (Å²) >= 11 is 1.22. The highest BCUT2D eigenvalue weighted by atomic mass is 35.5. The second-order valence-electron chi connectivity index (χ2n) is 6.71. The minimum Gasteiger partial charge on any atom is -0.338 e. The number of likely N-dealkylation sites (tertiary alicyclic amines) is 1. The summed E-state index contributed by atoms with van der Waals surface area (Å²) in [4.78, 5) is 15.1. The lowest BCUT2D eigenvalue weighted by Gasteiger charge is -2.33. The number of thiophene rings is 1. The van der Waals surface area contributed by atoms with Crippen LogP contribution in [0.1, 0.15) is 42.3 Å². The fourth-order valence-corrected chi connectivity index (χ4v) is 6.38. The molecule has 3 rings (SSSR count). The van der Waals surface area contributed by atoms with Gasteiger partial charge in [-0.1, -0.05) is 0 Å². The number of carbonyl (C=O) groups excluding carboxylic acids is 1. The number of carbonyl (C=O) groups is 1. The van der Waals surface area contributed by atoms with Crippen molar-refractivity contribution in [1.29, 1.82) is 0 Å². The number of nitrogens with zero attached hydrogens (tertiary/aromatic N) is 2. The molecule has 0 aliphatic carbocycles. The van der Waals surface area contributed by atoms with Crippen LogP contribution in [-0.2, 0) is 10.0 Å². The van der Waals surface area contributed by atoms with Crippen molar-refractivity contribution >= 4 is 39.7 Å². The molecule has 1 unspecified atom stereocenters. The first kappa shape index (κ1) is 20.6. The van der Waals surface area contributed by atoms with Gasteiger partial charge in [-0.05, 0) is 50.0 Å². The maximum absolute atomic E-state index is 12.8. The van der Waals surface area contributed by atoms with Crippen molar-refractivity contribution in [3.05, 3.63) is 16.3 Å². The van der Waals surface area contributed by atoms with Gasteiger partial charge in [0.25, 0.3) is 5.91 Å². The third-order valence-corrected chi connectivity index (χ3v) is 8.05. The molecule has 0 radical (unpaired) electrons. The predicted molar refractivity (Wildman–Crippen MR) is 102 cm³/mol. The molecule has 3 heterocycles. The lowest BCUT2D eigenvalue weighted by molar-refractivity contribution is 0.0682. The van der Waals surface area contributed by atoms with E-state index in [2.05, 4.69) is 0 Å². The Kier molecular flexibility index (Phi) is 6.89. The lowest BCUT2D eigenvalue weighted by Crippen LogP contribution is -2.42. The molecule has 0 saturated carbocycles. The molecular formula is C16H26ClN3O3S2. The smallest absolute Gasteiger partial charge is 0.265 e. The summed E-state index contributed by atoms with van der Waals surface area (Å²) in [5.74, 6) is 0.274. The van der Waals surface area contributed by atoms with Crippen LogP contribution in [0.3, 0.4) is 0 Å². The Morgan fingerprint density at radius 2 is 1.84 bits per heavy atom. The number of halogens is 1. The van der Waals surface area contributed by atoms with E-state index in [1.165, 1.54) is 15.6 Å². The highest BCUT2D eigenvalue weighted by molar-refractivity contribution is 7.89. The van der Waals surface area contributed by atoms with Gasteiger partial charge in [0.15, 0.2) is 0 Å². The average molecular weight is 408 g/mol. The topological polar surface area (TPSA) is 83.7 Å². The molecule has 2 saturated heterocycles. The van der Waals surface area contributed by atoms with Crippen molar-refractivity contribution in [2.75, 3.05) is 26.2 Å². The van der Waals surface area contributed by atoms with E-state index in [4.69, 9.17) is 5.73 Å². The summed E-state index contributed by atoms with van der Waals surface area (Å²) in [6.07, 6.45) is 3.53. The molecule has 9 heteroatoms. The van der Waals surface area contributed by atoms with E-state index < -0.39 is 10.0 Å². The maximum atomic E-state index is 12.8. The average Bonchev–Trinajstić information content (AvgIpc) is 3.26. The molecule has 2 aliphatic heterocycles. The third kappa shape index (κ3) is 4.19. The molecule has 0 bridgehead atoms. The van der Waals surface area contributed by atoms with Crippen LogP contribution in [0.4, 0.5) is 0 Å². The Labute approximate surface area is 159 Å². The number of hydrogen-bond donors (Lipinski definition) is 1. The van der Waals surface area contributed by atoms with Gasteiger partial charge in [0.2, 0.25) is 10.0 Å². The number of amides is 1. The minimum absolute atomic E-state index is 0. The van der Waals surface area contributed by atoms with Crippen LogP contribution >= 0.6 is 23.7 Å². The molecule has 2 aliphatic rings. The molecule has 1 atom stereocenters. The van der Waals surface area contributed by atoms with Crippen LogP contribution < -0.4 is 5.73 Å². The summed E-state index contributed by atoms with van der Waals surface area (Å²) in [6.45, 7) is 4.39. The van der Waals surface area contributed by atoms with Crippen LogP contribution in [0.2, 0.25) is 0 Å². The van der Waals surface area contributed by atoms with Gasteiger partial charge in [-0.25, -0.2) is 8.42 Å². The molecule has 1 aromatic heterocycles. The van der Waals surface area contributed by atoms with Gasteiger partial charge < -0.3 is 10.6 Å². The zero-order valence-electron chi connectivity index (χ0n) is 14.4. The highest BCUT2D eigenvalue weighted by Crippen LogP contribution is 2.30. The lowest BCUT2D eigenvalue weighted by atomic mass is 9.91. The third-order valence-electron chi connectivity index (χ3n) is 5.08. The first-order valence-electron chi connectivity index (χ1n) is 8.54. The number of sulfonamides is 1. The van der Waals surface area contributed by atoms with Crippen LogP contribution in [-0.4, -0.2) is 55.8 Å². The van der Waals surface area contributed by atoms with E-state index in [1.54, 1.807) is 16.3 Å². The SMILES string of the molecule is CC(N)C1CCN(C(=O)c2sccc2S(=O)(=O)N2CCCC2)CC1.Cl. The first-order chi connectivity index (χ1) is 11.4. The molecular weight excluding hydrogens is 382 g/mol. The van der Waals surface area contributed by atoms with Crippen LogP contribution in [0.15, 0.2) is 16.3 Å². The molecule has 2 fully saturated rings. The number of piperidine rings is 1. The zero-order valence-corrected chi connectivity index (χ0v) is 16.8. The van der Waals surface area contributed by atoms with Crippen molar-refractivity contribution < 1.29 is 13.2 Å². The summed E-state index contributed by atoms with van der Waals surface area (Å²) in [6, 6.07) is 1.70. The van der Waals surface area contributed by atoms with Crippen molar-refractivity contribution in [2.24, 2.45) is 11.7 Å². The van der Waals surface area contributed by atoms with E-state index in [9.17, 15) is 13.2 Å². The second kappa shape index (κ2) is 8.35. The molecule has 1 aromatic rings. The Hall–Kier alpha value is -0.670. The normalized spacial score (nSPS) is 21.1. The van der Waals surface area contributed by atoms with Gasteiger partial charge in [0, 0.05) is 32.2 Å². The Balaban J connectivity index is 0.00000225. The molecule has 142 valence electrons. The minimum atomic E-state index is -3.56. The van der Waals surface area contributed by atoms with Crippen molar-refractivity contribution in [1.82, 2.24) is 9.21 Å². The van der Waals surface area contributed by atoms with E-state index in [1.807, 2.05) is 6.92 Å². The Morgan fingerprint density at radius 1 is 1.24 bits per heavy atom. The molecule has 0 spiro atoms. The van der Waals surface area contributed by atoms with Crippen molar-refractivity contribution in [2.45, 2.75) is 43.5 Å². The predicted octanol–water partition coefficient (Wildman–Crippen LogP) is 2.15. The zero-order chi connectivity index (χ0) is 17.3. The van der Waals surface area contributed by atoms with Crippen LogP contribution in [0, 0.1) is 5.92 Å². The quantitative estimate of drug-likeness (QED) is 0.828.